The fraction of sp³-hybridized carbons (Fsp3) is 0. The Kier molecular flexibility index (Phi) is 4.24. The number of hydrogen-bond donors (Lipinski definition) is 0. The minimum absolute atomic E-state index is 0.0908. The molecule has 0 unspecified atom stereocenters. The Hall–Kier alpha value is -2.11. The third kappa shape index (κ3) is 3.16. The lowest BCUT2D eigenvalue weighted by Gasteiger charge is -2.07. The number of aromatic nitrogens is 2. The lowest BCUT2D eigenvalue weighted by Crippen LogP contribution is -2.06. The number of ketones is 1. The second-order valence-electron chi connectivity index (χ2n) is 4.82. The van der Waals surface area contributed by atoms with Crippen LogP contribution >= 0.6 is 27.5 Å². The van der Waals surface area contributed by atoms with Gasteiger partial charge in [0.1, 0.15) is 5.82 Å². The smallest absolute Gasteiger partial charge is 0.197 e. The Balaban J connectivity index is 2.02. The molecule has 0 bridgehead atoms. The maximum absolute atomic E-state index is 13.8. The lowest BCUT2D eigenvalue weighted by molar-refractivity contribution is 0.105. The minimum atomic E-state index is -0.647. The molecule has 3 rings (SSSR count). The first-order valence-corrected chi connectivity index (χ1v) is 7.74. The van der Waals surface area contributed by atoms with Crippen LogP contribution < -0.4 is 0 Å². The Morgan fingerprint density at radius 1 is 1.17 bits per heavy atom. The molecule has 2 heterocycles. The molecule has 3 nitrogen and oxygen atoms in total. The van der Waals surface area contributed by atoms with Crippen LogP contribution in [0.3, 0.4) is 0 Å². The molecule has 0 aliphatic heterocycles. The summed E-state index contributed by atoms with van der Waals surface area (Å²) in [5.74, 6) is -1.20. The number of allylic oxidation sites excluding steroid dienone is 1. The van der Waals surface area contributed by atoms with E-state index in [-0.39, 0.29) is 16.2 Å². The first-order valence-electron chi connectivity index (χ1n) is 6.57. The fourth-order valence-electron chi connectivity index (χ4n) is 2.10. The second kappa shape index (κ2) is 6.18. The van der Waals surface area contributed by atoms with Crippen molar-refractivity contribution in [1.29, 1.82) is 0 Å². The summed E-state index contributed by atoms with van der Waals surface area (Å²) in [5, 5.41) is 0.280. The number of hydrogen-bond acceptors (Lipinski definition) is 3. The summed E-state index contributed by atoms with van der Waals surface area (Å²) >= 11 is 9.15. The fourth-order valence-corrected chi connectivity index (χ4v) is 2.59. The zero-order valence-electron chi connectivity index (χ0n) is 11.7. The summed E-state index contributed by atoms with van der Waals surface area (Å²) in [4.78, 5) is 21.0. The van der Waals surface area contributed by atoms with E-state index in [1.54, 1.807) is 24.4 Å². The molecule has 0 spiro atoms. The summed E-state index contributed by atoms with van der Waals surface area (Å²) in [6.45, 7) is 3.75. The number of rotatable bonds is 3. The van der Waals surface area contributed by atoms with Crippen LogP contribution in [0.2, 0.25) is 5.02 Å². The van der Waals surface area contributed by atoms with Gasteiger partial charge in [-0.15, -0.1) is 0 Å². The zero-order valence-corrected chi connectivity index (χ0v) is 14.0. The van der Waals surface area contributed by atoms with Crippen molar-refractivity contribution in [3.63, 3.8) is 0 Å². The molecule has 0 aliphatic carbocycles. The number of carbonyl (C=O) groups is 1. The standard InChI is InChI=1S/C17H9BrClFN2O/c1-9(17(23)12-7-11(19)2-3-13(12)20)14-4-5-15-16(22-14)6-10(18)8-21-15/h2-8H,1H2. The molecule has 3 aromatic rings. The van der Waals surface area contributed by atoms with Crippen LogP contribution in [0.15, 0.2) is 53.6 Å². The van der Waals surface area contributed by atoms with E-state index < -0.39 is 11.6 Å². The van der Waals surface area contributed by atoms with Crippen molar-refractivity contribution in [1.82, 2.24) is 9.97 Å². The monoisotopic (exact) mass is 390 g/mol. The number of nitrogens with zero attached hydrogens (tertiary/aromatic N) is 2. The largest absolute Gasteiger partial charge is 0.288 e. The number of carbonyl (C=O) groups excluding carboxylic acids is 1. The molecule has 23 heavy (non-hydrogen) atoms. The van der Waals surface area contributed by atoms with Crippen LogP contribution in [-0.2, 0) is 0 Å². The second-order valence-corrected chi connectivity index (χ2v) is 6.17. The maximum atomic E-state index is 13.8. The van der Waals surface area contributed by atoms with E-state index in [1.165, 1.54) is 12.1 Å². The van der Waals surface area contributed by atoms with Gasteiger partial charge >= 0.3 is 0 Å². The molecule has 0 saturated heterocycles. The summed E-state index contributed by atoms with van der Waals surface area (Å²) in [6, 6.07) is 8.96. The van der Waals surface area contributed by atoms with E-state index in [1.807, 2.05) is 0 Å². The van der Waals surface area contributed by atoms with Crippen LogP contribution in [0.4, 0.5) is 4.39 Å². The van der Waals surface area contributed by atoms with E-state index in [9.17, 15) is 9.18 Å². The maximum Gasteiger partial charge on any atom is 0.197 e. The molecule has 114 valence electrons. The van der Waals surface area contributed by atoms with Gasteiger partial charge in [-0.1, -0.05) is 18.2 Å². The van der Waals surface area contributed by atoms with E-state index in [0.717, 1.165) is 10.5 Å². The third-order valence-corrected chi connectivity index (χ3v) is 3.93. The van der Waals surface area contributed by atoms with Crippen LogP contribution in [0, 0.1) is 5.82 Å². The molecule has 0 amide bonds. The molecule has 0 atom stereocenters. The molecule has 0 saturated carbocycles. The average molecular weight is 392 g/mol. The quantitative estimate of drug-likeness (QED) is 0.462. The van der Waals surface area contributed by atoms with Crippen LogP contribution in [-0.4, -0.2) is 15.8 Å². The summed E-state index contributed by atoms with van der Waals surface area (Å²) in [5.41, 5.74) is 1.62. The molecular weight excluding hydrogens is 383 g/mol. The van der Waals surface area contributed by atoms with Crippen molar-refractivity contribution in [3.8, 4) is 0 Å². The minimum Gasteiger partial charge on any atom is -0.288 e. The van der Waals surface area contributed by atoms with E-state index >= 15 is 0 Å². The number of halogens is 3. The highest BCUT2D eigenvalue weighted by Gasteiger charge is 2.18. The Labute approximate surface area is 145 Å². The predicted octanol–water partition coefficient (Wildman–Crippen LogP) is 5.08. The van der Waals surface area contributed by atoms with Crippen molar-refractivity contribution in [3.05, 3.63) is 75.7 Å². The van der Waals surface area contributed by atoms with Crippen LogP contribution in [0.1, 0.15) is 16.1 Å². The van der Waals surface area contributed by atoms with Gasteiger partial charge in [-0.25, -0.2) is 9.37 Å². The Morgan fingerprint density at radius 3 is 2.74 bits per heavy atom. The van der Waals surface area contributed by atoms with Gasteiger partial charge in [-0.3, -0.25) is 9.78 Å². The van der Waals surface area contributed by atoms with E-state index in [4.69, 9.17) is 11.6 Å². The molecule has 0 fully saturated rings. The van der Waals surface area contributed by atoms with Gasteiger partial charge in [-0.05, 0) is 52.3 Å². The van der Waals surface area contributed by atoms with Crippen molar-refractivity contribution >= 4 is 49.9 Å². The summed E-state index contributed by atoms with van der Waals surface area (Å²) in [6.07, 6.45) is 1.66. The molecular formula is C17H9BrClFN2O. The topological polar surface area (TPSA) is 42.9 Å². The van der Waals surface area contributed by atoms with Gasteiger partial charge in [0.05, 0.1) is 22.3 Å². The Morgan fingerprint density at radius 2 is 1.96 bits per heavy atom. The van der Waals surface area contributed by atoms with E-state index in [2.05, 4.69) is 32.5 Å². The van der Waals surface area contributed by atoms with Crippen molar-refractivity contribution in [2.75, 3.05) is 0 Å². The highest BCUT2D eigenvalue weighted by Crippen LogP contribution is 2.23. The number of benzene rings is 1. The highest BCUT2D eigenvalue weighted by molar-refractivity contribution is 9.10. The summed E-state index contributed by atoms with van der Waals surface area (Å²) in [7, 11) is 0. The van der Waals surface area contributed by atoms with Gasteiger partial charge in [0, 0.05) is 21.3 Å². The Bertz CT molecular complexity index is 958. The molecule has 1 aromatic carbocycles. The first-order chi connectivity index (χ1) is 11.0. The molecule has 2 aromatic heterocycles. The number of Topliss-reactive ketones (excluding diaryl/α,β-unsaturated/α-hetero) is 1. The van der Waals surface area contributed by atoms with Crippen molar-refractivity contribution in [2.45, 2.75) is 0 Å². The average Bonchev–Trinajstić information content (AvgIpc) is 2.55. The summed E-state index contributed by atoms with van der Waals surface area (Å²) < 4.78 is 14.6. The predicted molar refractivity (Wildman–Crippen MR) is 92.0 cm³/mol. The SMILES string of the molecule is C=C(C(=O)c1cc(Cl)ccc1F)c1ccc2ncc(Br)cc2n1. The van der Waals surface area contributed by atoms with Crippen molar-refractivity contribution in [2.24, 2.45) is 0 Å². The highest BCUT2D eigenvalue weighted by atomic mass is 79.9. The van der Waals surface area contributed by atoms with Crippen molar-refractivity contribution < 1.29 is 9.18 Å². The van der Waals surface area contributed by atoms with E-state index in [0.29, 0.717) is 16.7 Å². The van der Waals surface area contributed by atoms with Gasteiger partial charge in [0.2, 0.25) is 0 Å². The third-order valence-electron chi connectivity index (χ3n) is 3.26. The van der Waals surface area contributed by atoms with Crippen LogP contribution in [0.25, 0.3) is 16.6 Å². The molecule has 0 aliphatic rings. The zero-order chi connectivity index (χ0) is 16.6. The number of fused-ring (bicyclic) bond motifs is 1. The molecule has 0 radical (unpaired) electrons. The van der Waals surface area contributed by atoms with Gasteiger partial charge in [0.15, 0.2) is 5.78 Å². The van der Waals surface area contributed by atoms with Gasteiger partial charge < -0.3 is 0 Å². The molecule has 0 N–H and O–H groups in total. The first kappa shape index (κ1) is 15.8. The van der Waals surface area contributed by atoms with Gasteiger partial charge in [-0.2, -0.15) is 0 Å². The van der Waals surface area contributed by atoms with Crippen LogP contribution in [0.5, 0.6) is 0 Å². The molecule has 6 heteroatoms. The number of pyridine rings is 2. The lowest BCUT2D eigenvalue weighted by atomic mass is 10.0. The van der Waals surface area contributed by atoms with Gasteiger partial charge in [0.25, 0.3) is 0 Å². The normalized spacial score (nSPS) is 10.7.